The molecule has 0 radical (unpaired) electrons. The second-order valence-electron chi connectivity index (χ2n) is 4.30. The van der Waals surface area contributed by atoms with Gasteiger partial charge in [0, 0.05) is 6.20 Å². The lowest BCUT2D eigenvalue weighted by Gasteiger charge is -2.16. The predicted octanol–water partition coefficient (Wildman–Crippen LogP) is 3.25. The minimum Gasteiger partial charge on any atom is -0.497 e. The molecule has 2 aromatic rings. The van der Waals surface area contributed by atoms with E-state index in [1.54, 1.807) is 13.3 Å². The van der Waals surface area contributed by atoms with Crippen molar-refractivity contribution in [1.82, 2.24) is 10.3 Å². The summed E-state index contributed by atoms with van der Waals surface area (Å²) in [7, 11) is 3.61. The Hall–Kier alpha value is -1.58. The van der Waals surface area contributed by atoms with Crippen LogP contribution in [0.1, 0.15) is 17.3 Å². The first-order valence-electron chi connectivity index (χ1n) is 6.14. The molecule has 2 rings (SSSR count). The van der Waals surface area contributed by atoms with Crippen molar-refractivity contribution < 1.29 is 4.74 Å². The first-order valence-corrected chi connectivity index (χ1v) is 6.52. The summed E-state index contributed by atoms with van der Waals surface area (Å²) in [5.41, 5.74) is 2.19. The van der Waals surface area contributed by atoms with Gasteiger partial charge in [0.2, 0.25) is 0 Å². The van der Waals surface area contributed by atoms with Crippen molar-refractivity contribution >= 4 is 11.6 Å². The number of halogens is 1. The van der Waals surface area contributed by atoms with Crippen LogP contribution in [-0.4, -0.2) is 19.1 Å². The van der Waals surface area contributed by atoms with E-state index in [0.717, 1.165) is 17.9 Å². The van der Waals surface area contributed by atoms with E-state index in [9.17, 15) is 0 Å². The summed E-state index contributed by atoms with van der Waals surface area (Å²) in [6.45, 7) is 0. The molecule has 0 saturated carbocycles. The van der Waals surface area contributed by atoms with Crippen LogP contribution in [0.4, 0.5) is 0 Å². The van der Waals surface area contributed by atoms with Gasteiger partial charge < -0.3 is 10.1 Å². The number of rotatable bonds is 5. The maximum atomic E-state index is 5.86. The van der Waals surface area contributed by atoms with Gasteiger partial charge in [-0.3, -0.25) is 4.98 Å². The number of pyridine rings is 1. The van der Waals surface area contributed by atoms with Gasteiger partial charge in [-0.25, -0.2) is 0 Å². The fourth-order valence-electron chi connectivity index (χ4n) is 1.98. The summed E-state index contributed by atoms with van der Waals surface area (Å²) in [6.07, 6.45) is 2.52. The molecule has 19 heavy (non-hydrogen) atoms. The van der Waals surface area contributed by atoms with E-state index in [2.05, 4.69) is 16.4 Å². The Morgan fingerprint density at radius 1 is 1.32 bits per heavy atom. The van der Waals surface area contributed by atoms with Crippen LogP contribution in [0.25, 0.3) is 0 Å². The van der Waals surface area contributed by atoms with Gasteiger partial charge >= 0.3 is 0 Å². The average molecular weight is 277 g/mol. The number of aromatic nitrogens is 1. The number of hydrogen-bond acceptors (Lipinski definition) is 3. The van der Waals surface area contributed by atoms with Crippen molar-refractivity contribution in [2.45, 2.75) is 12.5 Å². The Morgan fingerprint density at radius 2 is 2.16 bits per heavy atom. The van der Waals surface area contributed by atoms with Crippen molar-refractivity contribution in [1.29, 1.82) is 0 Å². The Morgan fingerprint density at radius 3 is 2.79 bits per heavy atom. The molecule has 1 heterocycles. The number of nitrogens with zero attached hydrogens (tertiary/aromatic N) is 1. The molecule has 1 aromatic carbocycles. The summed E-state index contributed by atoms with van der Waals surface area (Å²) >= 11 is 5.86. The topological polar surface area (TPSA) is 34.1 Å². The first-order chi connectivity index (χ1) is 9.22. The molecule has 0 fully saturated rings. The van der Waals surface area contributed by atoms with Crippen molar-refractivity contribution in [2.75, 3.05) is 14.2 Å². The lowest BCUT2D eigenvalue weighted by atomic mass is 10.0. The highest BCUT2D eigenvalue weighted by atomic mass is 35.5. The van der Waals surface area contributed by atoms with Crippen LogP contribution in [0.5, 0.6) is 5.75 Å². The lowest BCUT2D eigenvalue weighted by Crippen LogP contribution is -2.19. The van der Waals surface area contributed by atoms with E-state index < -0.39 is 0 Å². The second-order valence-corrected chi connectivity index (χ2v) is 4.73. The molecule has 1 atom stereocenters. The number of benzene rings is 1. The van der Waals surface area contributed by atoms with Crippen LogP contribution in [0.15, 0.2) is 42.6 Å². The van der Waals surface area contributed by atoms with Crippen LogP contribution in [0.3, 0.4) is 0 Å². The van der Waals surface area contributed by atoms with Gasteiger partial charge in [-0.05, 0) is 43.3 Å². The van der Waals surface area contributed by atoms with E-state index in [-0.39, 0.29) is 6.04 Å². The predicted molar refractivity (Wildman–Crippen MR) is 77.7 cm³/mol. The van der Waals surface area contributed by atoms with Crippen LogP contribution in [0, 0.1) is 0 Å². The minimum absolute atomic E-state index is 0.157. The Labute approximate surface area is 118 Å². The number of ether oxygens (including phenoxy) is 1. The molecule has 1 aromatic heterocycles. The van der Waals surface area contributed by atoms with Gasteiger partial charge in [-0.2, -0.15) is 0 Å². The summed E-state index contributed by atoms with van der Waals surface area (Å²) in [5, 5.41) is 3.93. The summed E-state index contributed by atoms with van der Waals surface area (Å²) in [4.78, 5) is 4.36. The molecule has 0 aliphatic carbocycles. The van der Waals surface area contributed by atoms with Crippen LogP contribution in [-0.2, 0) is 6.42 Å². The van der Waals surface area contributed by atoms with Crippen LogP contribution >= 0.6 is 11.6 Å². The molecule has 0 bridgehead atoms. The number of likely N-dealkylation sites (N-methyl/N-ethyl adjacent to an activating group) is 1. The summed E-state index contributed by atoms with van der Waals surface area (Å²) in [5.74, 6) is 0.872. The summed E-state index contributed by atoms with van der Waals surface area (Å²) < 4.78 is 5.24. The smallest absolute Gasteiger partial charge is 0.119 e. The number of methoxy groups -OCH3 is 1. The van der Waals surface area contributed by atoms with E-state index >= 15 is 0 Å². The average Bonchev–Trinajstić information content (AvgIpc) is 2.46. The molecule has 100 valence electrons. The van der Waals surface area contributed by atoms with E-state index in [1.807, 2.05) is 37.4 Å². The Bertz CT molecular complexity index is 528. The molecule has 0 saturated heterocycles. The zero-order chi connectivity index (χ0) is 13.7. The van der Waals surface area contributed by atoms with Crippen molar-refractivity contribution in [3.05, 3.63) is 58.9 Å². The van der Waals surface area contributed by atoms with Gasteiger partial charge in [-0.1, -0.05) is 23.7 Å². The molecule has 0 spiro atoms. The van der Waals surface area contributed by atoms with Crippen LogP contribution < -0.4 is 10.1 Å². The Balaban J connectivity index is 2.16. The highest BCUT2D eigenvalue weighted by molar-refractivity contribution is 6.30. The van der Waals surface area contributed by atoms with Crippen molar-refractivity contribution in [3.63, 3.8) is 0 Å². The summed E-state index contributed by atoms with van der Waals surface area (Å²) in [6, 6.07) is 12.0. The monoisotopic (exact) mass is 276 g/mol. The quantitative estimate of drug-likeness (QED) is 0.910. The highest BCUT2D eigenvalue weighted by Gasteiger charge is 2.11. The van der Waals surface area contributed by atoms with Crippen molar-refractivity contribution in [2.24, 2.45) is 0 Å². The van der Waals surface area contributed by atoms with Crippen molar-refractivity contribution in [3.8, 4) is 5.75 Å². The molecular weight excluding hydrogens is 260 g/mol. The van der Waals surface area contributed by atoms with Gasteiger partial charge in [0.05, 0.1) is 23.9 Å². The molecule has 1 unspecified atom stereocenters. The van der Waals surface area contributed by atoms with E-state index in [0.29, 0.717) is 5.02 Å². The maximum Gasteiger partial charge on any atom is 0.119 e. The van der Waals surface area contributed by atoms with E-state index in [4.69, 9.17) is 16.3 Å². The molecule has 3 nitrogen and oxygen atoms in total. The zero-order valence-electron chi connectivity index (χ0n) is 11.1. The molecular formula is C15H17ClN2O. The number of nitrogens with one attached hydrogen (secondary N) is 1. The van der Waals surface area contributed by atoms with Crippen LogP contribution in [0.2, 0.25) is 5.02 Å². The highest BCUT2D eigenvalue weighted by Crippen LogP contribution is 2.20. The molecule has 4 heteroatoms. The normalized spacial score (nSPS) is 12.2. The maximum absolute atomic E-state index is 5.86. The molecule has 0 amide bonds. The Kier molecular flexibility index (Phi) is 4.77. The third-order valence-corrected chi connectivity index (χ3v) is 3.25. The van der Waals surface area contributed by atoms with Gasteiger partial charge in [0.1, 0.15) is 5.75 Å². The lowest BCUT2D eigenvalue weighted by molar-refractivity contribution is 0.414. The second kappa shape index (κ2) is 6.55. The fourth-order valence-corrected chi connectivity index (χ4v) is 2.09. The van der Waals surface area contributed by atoms with Gasteiger partial charge in [-0.15, -0.1) is 0 Å². The first kappa shape index (κ1) is 13.8. The minimum atomic E-state index is 0.157. The standard InChI is InChI=1S/C15H17ClN2O/c1-17-15(14-7-6-12(16)10-18-14)9-11-4-3-5-13(8-11)19-2/h3-8,10,15,17H,9H2,1-2H3. The van der Waals surface area contributed by atoms with Gasteiger partial charge in [0.25, 0.3) is 0 Å². The number of hydrogen-bond donors (Lipinski definition) is 1. The van der Waals surface area contributed by atoms with Gasteiger partial charge in [0.15, 0.2) is 0 Å². The molecule has 0 aliphatic rings. The third-order valence-electron chi connectivity index (χ3n) is 3.03. The zero-order valence-corrected chi connectivity index (χ0v) is 11.8. The SMILES string of the molecule is CNC(Cc1cccc(OC)c1)c1ccc(Cl)cn1. The third kappa shape index (κ3) is 3.69. The van der Waals surface area contributed by atoms with E-state index in [1.165, 1.54) is 5.56 Å². The molecule has 1 N–H and O–H groups in total. The fraction of sp³-hybridized carbons (Fsp3) is 0.267. The largest absolute Gasteiger partial charge is 0.497 e. The molecule has 0 aliphatic heterocycles.